The highest BCUT2D eigenvalue weighted by molar-refractivity contribution is 5.13. The van der Waals surface area contributed by atoms with Gasteiger partial charge in [-0.1, -0.05) is 13.0 Å². The minimum atomic E-state index is 0.255. The predicted molar refractivity (Wildman–Crippen MR) is 75.5 cm³/mol. The van der Waals surface area contributed by atoms with Crippen LogP contribution in [0.4, 0.5) is 0 Å². The Balaban J connectivity index is 2.04. The summed E-state index contributed by atoms with van der Waals surface area (Å²) in [6.45, 7) is 12.1. The number of hydrogen-bond acceptors (Lipinski definition) is 3. The van der Waals surface area contributed by atoms with Crippen molar-refractivity contribution in [1.82, 2.24) is 15.2 Å². The quantitative estimate of drug-likeness (QED) is 0.888. The van der Waals surface area contributed by atoms with E-state index in [1.54, 1.807) is 0 Å². The zero-order valence-corrected chi connectivity index (χ0v) is 12.0. The van der Waals surface area contributed by atoms with E-state index in [1.165, 1.54) is 12.0 Å². The number of pyridine rings is 1. The second-order valence-corrected chi connectivity index (χ2v) is 5.86. The Morgan fingerprint density at radius 1 is 1.50 bits per heavy atom. The number of nitrogens with zero attached hydrogens (tertiary/aromatic N) is 2. The maximum Gasteiger partial charge on any atom is 0.0372 e. The molecule has 18 heavy (non-hydrogen) atoms. The Morgan fingerprint density at radius 3 is 2.89 bits per heavy atom. The molecule has 1 aliphatic heterocycles. The molecule has 3 nitrogen and oxygen atoms in total. The second-order valence-electron chi connectivity index (χ2n) is 5.86. The van der Waals surface area contributed by atoms with Crippen LogP contribution < -0.4 is 5.32 Å². The molecule has 1 fully saturated rings. The van der Waals surface area contributed by atoms with E-state index in [2.05, 4.69) is 48.1 Å². The third kappa shape index (κ3) is 3.09. The summed E-state index contributed by atoms with van der Waals surface area (Å²) in [5.74, 6) is 0. The molecule has 0 amide bonds. The van der Waals surface area contributed by atoms with Gasteiger partial charge >= 0.3 is 0 Å². The number of piperazine rings is 1. The Bertz CT molecular complexity index is 387. The summed E-state index contributed by atoms with van der Waals surface area (Å²) in [6.07, 6.45) is 3.18. The molecule has 0 aliphatic carbocycles. The molecule has 1 saturated heterocycles. The van der Waals surface area contributed by atoms with Gasteiger partial charge in [-0.3, -0.25) is 9.88 Å². The summed E-state index contributed by atoms with van der Waals surface area (Å²) in [5.41, 5.74) is 2.66. The molecule has 2 rings (SSSR count). The van der Waals surface area contributed by atoms with Gasteiger partial charge in [-0.15, -0.1) is 0 Å². The van der Waals surface area contributed by atoms with Crippen LogP contribution >= 0.6 is 0 Å². The molecule has 0 saturated carbocycles. The van der Waals surface area contributed by atoms with Crippen LogP contribution in [0.25, 0.3) is 0 Å². The van der Waals surface area contributed by atoms with Gasteiger partial charge in [0.1, 0.15) is 0 Å². The summed E-state index contributed by atoms with van der Waals surface area (Å²) < 4.78 is 0. The van der Waals surface area contributed by atoms with Crippen LogP contribution in [0.2, 0.25) is 0 Å². The predicted octanol–water partition coefficient (Wildman–Crippen LogP) is 2.35. The minimum Gasteiger partial charge on any atom is -0.309 e. The van der Waals surface area contributed by atoms with Crippen LogP contribution in [0.1, 0.15) is 38.4 Å². The number of nitrogens with one attached hydrogen (secondary N) is 1. The van der Waals surface area contributed by atoms with Crippen molar-refractivity contribution < 1.29 is 0 Å². The molecular weight excluding hydrogens is 222 g/mol. The first kappa shape index (κ1) is 13.5. The highest BCUT2D eigenvalue weighted by Gasteiger charge is 2.32. The van der Waals surface area contributed by atoms with Gasteiger partial charge in [0.2, 0.25) is 0 Å². The van der Waals surface area contributed by atoms with Gasteiger partial charge in [0.15, 0.2) is 0 Å². The van der Waals surface area contributed by atoms with Crippen molar-refractivity contribution in [3.63, 3.8) is 0 Å². The van der Waals surface area contributed by atoms with Gasteiger partial charge in [0.25, 0.3) is 0 Å². The van der Waals surface area contributed by atoms with E-state index in [-0.39, 0.29) is 5.54 Å². The van der Waals surface area contributed by atoms with Crippen molar-refractivity contribution >= 4 is 0 Å². The summed E-state index contributed by atoms with van der Waals surface area (Å²) in [7, 11) is 0. The zero-order chi connectivity index (χ0) is 13.2. The average molecular weight is 247 g/mol. The lowest BCUT2D eigenvalue weighted by Crippen LogP contribution is -2.61. The van der Waals surface area contributed by atoms with Gasteiger partial charge in [0, 0.05) is 43.1 Å². The molecule has 1 aromatic rings. The fraction of sp³-hybridized carbons (Fsp3) is 0.667. The molecule has 1 aliphatic rings. The number of hydrogen-bond donors (Lipinski definition) is 1. The molecule has 2 unspecified atom stereocenters. The topological polar surface area (TPSA) is 28.2 Å². The monoisotopic (exact) mass is 247 g/mol. The third-order valence-corrected chi connectivity index (χ3v) is 4.14. The standard InChI is InChI=1S/C15H25N3/c1-5-15(4)11-18(13(3)8-17-15)10-14-7-6-12(2)16-9-14/h6-7,9,13,17H,5,8,10-11H2,1-4H3. The molecule has 0 radical (unpaired) electrons. The van der Waals surface area contributed by atoms with Crippen LogP contribution in [0.5, 0.6) is 0 Å². The lowest BCUT2D eigenvalue weighted by molar-refractivity contribution is 0.0865. The van der Waals surface area contributed by atoms with Crippen molar-refractivity contribution in [3.8, 4) is 0 Å². The van der Waals surface area contributed by atoms with Crippen molar-refractivity contribution in [3.05, 3.63) is 29.6 Å². The normalized spacial score (nSPS) is 29.4. The Morgan fingerprint density at radius 2 is 2.28 bits per heavy atom. The largest absolute Gasteiger partial charge is 0.309 e. The zero-order valence-electron chi connectivity index (χ0n) is 12.0. The van der Waals surface area contributed by atoms with Gasteiger partial charge in [-0.2, -0.15) is 0 Å². The lowest BCUT2D eigenvalue weighted by atomic mass is 9.93. The first-order valence-corrected chi connectivity index (χ1v) is 6.93. The molecule has 1 aromatic heterocycles. The van der Waals surface area contributed by atoms with Crippen LogP contribution in [0, 0.1) is 6.92 Å². The van der Waals surface area contributed by atoms with Crippen LogP contribution in [-0.4, -0.2) is 34.6 Å². The molecule has 0 bridgehead atoms. The maximum atomic E-state index is 4.38. The van der Waals surface area contributed by atoms with Gasteiger partial charge in [-0.05, 0) is 38.8 Å². The average Bonchev–Trinajstić information content (AvgIpc) is 2.37. The fourth-order valence-corrected chi connectivity index (χ4v) is 2.46. The maximum absolute atomic E-state index is 4.38. The van der Waals surface area contributed by atoms with Crippen molar-refractivity contribution in [2.24, 2.45) is 0 Å². The Kier molecular flexibility index (Phi) is 4.03. The molecule has 100 valence electrons. The summed E-state index contributed by atoms with van der Waals surface area (Å²) in [6, 6.07) is 4.88. The van der Waals surface area contributed by atoms with E-state index in [0.29, 0.717) is 6.04 Å². The molecule has 1 N–H and O–H groups in total. The van der Waals surface area contributed by atoms with Gasteiger partial charge < -0.3 is 5.32 Å². The minimum absolute atomic E-state index is 0.255. The van der Waals surface area contributed by atoms with E-state index >= 15 is 0 Å². The Hall–Kier alpha value is -0.930. The number of aromatic nitrogens is 1. The van der Waals surface area contributed by atoms with E-state index in [0.717, 1.165) is 25.3 Å². The van der Waals surface area contributed by atoms with E-state index in [4.69, 9.17) is 0 Å². The van der Waals surface area contributed by atoms with E-state index in [1.807, 2.05) is 13.1 Å². The lowest BCUT2D eigenvalue weighted by Gasteiger charge is -2.45. The van der Waals surface area contributed by atoms with Crippen molar-refractivity contribution in [2.75, 3.05) is 13.1 Å². The summed E-state index contributed by atoms with van der Waals surface area (Å²) in [5, 5.41) is 3.66. The van der Waals surface area contributed by atoms with Crippen LogP contribution in [-0.2, 0) is 6.54 Å². The fourth-order valence-electron chi connectivity index (χ4n) is 2.46. The number of aryl methyl sites for hydroxylation is 1. The molecule has 2 atom stereocenters. The smallest absolute Gasteiger partial charge is 0.0372 e. The van der Waals surface area contributed by atoms with Crippen LogP contribution in [0.15, 0.2) is 18.3 Å². The SMILES string of the molecule is CCC1(C)CN(Cc2ccc(C)nc2)C(C)CN1. The van der Waals surface area contributed by atoms with Gasteiger partial charge in [0.05, 0.1) is 0 Å². The molecule has 0 aromatic carbocycles. The van der Waals surface area contributed by atoms with Crippen molar-refractivity contribution in [2.45, 2.75) is 52.2 Å². The highest BCUT2D eigenvalue weighted by Crippen LogP contribution is 2.20. The van der Waals surface area contributed by atoms with Crippen molar-refractivity contribution in [1.29, 1.82) is 0 Å². The molecule has 2 heterocycles. The first-order valence-electron chi connectivity index (χ1n) is 6.93. The molecule has 3 heteroatoms. The molecule has 0 spiro atoms. The third-order valence-electron chi connectivity index (χ3n) is 4.14. The second kappa shape index (κ2) is 5.37. The summed E-state index contributed by atoms with van der Waals surface area (Å²) >= 11 is 0. The van der Waals surface area contributed by atoms with E-state index < -0.39 is 0 Å². The van der Waals surface area contributed by atoms with E-state index in [9.17, 15) is 0 Å². The first-order chi connectivity index (χ1) is 8.52. The van der Waals surface area contributed by atoms with Crippen LogP contribution in [0.3, 0.4) is 0 Å². The Labute approximate surface area is 111 Å². The highest BCUT2D eigenvalue weighted by atomic mass is 15.2. The van der Waals surface area contributed by atoms with Gasteiger partial charge in [-0.25, -0.2) is 0 Å². The summed E-state index contributed by atoms with van der Waals surface area (Å²) in [4.78, 5) is 6.95. The molecular formula is C15H25N3. The number of rotatable bonds is 3.